The third kappa shape index (κ3) is 9.43. The number of nitriles is 1. The molecule has 0 atom stereocenters. The molecule has 1 saturated carbocycles. The SMILES string of the molecule is CC(C)(C)NS(=O)(=O)c1ccccc1-c1ccc(NC(=O)O)cc1.N#Cc1cccc(NC2CCCCC2)c1. The van der Waals surface area contributed by atoms with Crippen molar-refractivity contribution in [3.63, 3.8) is 0 Å². The minimum atomic E-state index is -3.69. The largest absolute Gasteiger partial charge is 0.465 e. The summed E-state index contributed by atoms with van der Waals surface area (Å²) >= 11 is 0. The van der Waals surface area contributed by atoms with Crippen molar-refractivity contribution in [3.8, 4) is 17.2 Å². The van der Waals surface area contributed by atoms with Crippen LogP contribution >= 0.6 is 0 Å². The zero-order valence-corrected chi connectivity index (χ0v) is 23.4. The summed E-state index contributed by atoms with van der Waals surface area (Å²) in [6.07, 6.45) is 5.40. The van der Waals surface area contributed by atoms with Crippen molar-refractivity contribution < 1.29 is 18.3 Å². The van der Waals surface area contributed by atoms with Gasteiger partial charge in [-0.2, -0.15) is 5.26 Å². The van der Waals surface area contributed by atoms with Crippen LogP contribution in [0.5, 0.6) is 0 Å². The lowest BCUT2D eigenvalue weighted by atomic mass is 9.95. The van der Waals surface area contributed by atoms with Gasteiger partial charge in [-0.25, -0.2) is 17.9 Å². The quantitative estimate of drug-likeness (QED) is 0.267. The Hall–Kier alpha value is -3.87. The molecule has 0 spiro atoms. The standard InChI is InChI=1S/C17H20N2O4S.C13H16N2/c1-17(2,3)19-24(22,23)15-7-5-4-6-14(15)12-8-10-13(11-9-12)18-16(20)21;14-10-11-5-4-8-13(9-11)15-12-6-2-1-3-7-12/h4-11,18-19H,1-3H3,(H,20,21);4-5,8-9,12,15H,1-3,6-7H2. The summed E-state index contributed by atoms with van der Waals surface area (Å²) in [6.45, 7) is 5.33. The lowest BCUT2D eigenvalue weighted by Crippen LogP contribution is -2.40. The van der Waals surface area contributed by atoms with Gasteiger partial charge in [-0.3, -0.25) is 5.32 Å². The Bertz CT molecular complexity index is 1400. The molecule has 3 aromatic carbocycles. The average molecular weight is 549 g/mol. The van der Waals surface area contributed by atoms with Gasteiger partial charge < -0.3 is 10.4 Å². The predicted molar refractivity (Wildman–Crippen MR) is 155 cm³/mol. The Morgan fingerprint density at radius 2 is 1.59 bits per heavy atom. The Morgan fingerprint density at radius 1 is 0.923 bits per heavy atom. The van der Waals surface area contributed by atoms with Gasteiger partial charge in [0.1, 0.15) is 0 Å². The fraction of sp³-hybridized carbons (Fsp3) is 0.333. The molecule has 1 aliphatic rings. The van der Waals surface area contributed by atoms with Crippen molar-refractivity contribution in [1.29, 1.82) is 5.26 Å². The molecule has 0 aromatic heterocycles. The summed E-state index contributed by atoms with van der Waals surface area (Å²) < 4.78 is 27.9. The summed E-state index contributed by atoms with van der Waals surface area (Å²) in [5.74, 6) is 0. The van der Waals surface area contributed by atoms with E-state index in [2.05, 4.69) is 21.4 Å². The van der Waals surface area contributed by atoms with Crippen molar-refractivity contribution >= 4 is 27.5 Å². The number of hydrogen-bond donors (Lipinski definition) is 4. The van der Waals surface area contributed by atoms with Gasteiger partial charge in [-0.1, -0.05) is 55.7 Å². The monoisotopic (exact) mass is 548 g/mol. The smallest absolute Gasteiger partial charge is 0.409 e. The molecule has 0 aliphatic heterocycles. The number of rotatable bonds is 6. The summed E-state index contributed by atoms with van der Waals surface area (Å²) in [4.78, 5) is 10.8. The Morgan fingerprint density at radius 3 is 2.21 bits per heavy atom. The molecule has 0 heterocycles. The molecule has 4 rings (SSSR count). The second kappa shape index (κ2) is 13.3. The first-order chi connectivity index (χ1) is 18.5. The van der Waals surface area contributed by atoms with Crippen LogP contribution in [0.3, 0.4) is 0 Å². The minimum absolute atomic E-state index is 0.180. The molecule has 9 heteroatoms. The van der Waals surface area contributed by atoms with E-state index in [-0.39, 0.29) is 4.90 Å². The first-order valence-corrected chi connectivity index (χ1v) is 14.5. The normalized spacial score (nSPS) is 13.9. The maximum absolute atomic E-state index is 12.7. The van der Waals surface area contributed by atoms with E-state index in [4.69, 9.17) is 10.4 Å². The molecule has 0 saturated heterocycles. The van der Waals surface area contributed by atoms with Gasteiger partial charge in [-0.05, 0) is 75.6 Å². The maximum Gasteiger partial charge on any atom is 0.409 e. The van der Waals surface area contributed by atoms with Crippen LogP contribution in [0.2, 0.25) is 0 Å². The number of nitrogens with one attached hydrogen (secondary N) is 3. The number of hydrogen-bond acceptors (Lipinski definition) is 5. The molecular weight excluding hydrogens is 512 g/mol. The van der Waals surface area contributed by atoms with Crippen LogP contribution in [-0.4, -0.2) is 31.2 Å². The number of amides is 1. The second-order valence-corrected chi connectivity index (χ2v) is 12.2. The Labute approximate surface area is 231 Å². The Kier molecular flexibility index (Phi) is 10.1. The molecule has 0 radical (unpaired) electrons. The van der Waals surface area contributed by atoms with E-state index in [1.54, 1.807) is 69.3 Å². The lowest BCUT2D eigenvalue weighted by Gasteiger charge is -2.23. The maximum atomic E-state index is 12.7. The van der Waals surface area contributed by atoms with Crippen LogP contribution in [0.25, 0.3) is 11.1 Å². The van der Waals surface area contributed by atoms with E-state index in [0.29, 0.717) is 22.9 Å². The highest BCUT2D eigenvalue weighted by molar-refractivity contribution is 7.89. The molecule has 3 aromatic rings. The van der Waals surface area contributed by atoms with E-state index in [0.717, 1.165) is 11.3 Å². The summed E-state index contributed by atoms with van der Waals surface area (Å²) in [5, 5.41) is 23.3. The summed E-state index contributed by atoms with van der Waals surface area (Å²) in [5.41, 5.74) is 2.87. The first kappa shape index (κ1) is 29.7. The number of carboxylic acid groups (broad SMARTS) is 1. The Balaban J connectivity index is 0.000000239. The van der Waals surface area contributed by atoms with Crippen LogP contribution in [0.4, 0.5) is 16.2 Å². The second-order valence-electron chi connectivity index (χ2n) is 10.5. The zero-order valence-electron chi connectivity index (χ0n) is 22.6. The minimum Gasteiger partial charge on any atom is -0.465 e. The fourth-order valence-electron chi connectivity index (χ4n) is 4.42. The topological polar surface area (TPSA) is 131 Å². The van der Waals surface area contributed by atoms with Crippen molar-refractivity contribution in [3.05, 3.63) is 78.4 Å². The van der Waals surface area contributed by atoms with Gasteiger partial charge in [0.15, 0.2) is 0 Å². The molecule has 8 nitrogen and oxygen atoms in total. The van der Waals surface area contributed by atoms with E-state index in [9.17, 15) is 13.2 Å². The van der Waals surface area contributed by atoms with Gasteiger partial charge in [0.05, 0.1) is 16.5 Å². The lowest BCUT2D eigenvalue weighted by molar-refractivity contribution is 0.209. The van der Waals surface area contributed by atoms with Gasteiger partial charge in [0.2, 0.25) is 10.0 Å². The number of anilines is 2. The van der Waals surface area contributed by atoms with E-state index in [1.807, 2.05) is 24.3 Å². The van der Waals surface area contributed by atoms with Gasteiger partial charge in [0, 0.05) is 28.5 Å². The fourth-order valence-corrected chi connectivity index (χ4v) is 6.06. The van der Waals surface area contributed by atoms with Crippen molar-refractivity contribution in [1.82, 2.24) is 4.72 Å². The third-order valence-electron chi connectivity index (χ3n) is 6.03. The molecular formula is C30H36N4O4S. The molecule has 4 N–H and O–H groups in total. The van der Waals surface area contributed by atoms with Crippen molar-refractivity contribution in [2.45, 2.75) is 69.4 Å². The summed E-state index contributed by atoms with van der Waals surface area (Å²) in [6, 6.07) is 23.7. The molecule has 39 heavy (non-hydrogen) atoms. The van der Waals surface area contributed by atoms with Crippen LogP contribution < -0.4 is 15.4 Å². The van der Waals surface area contributed by atoms with E-state index >= 15 is 0 Å². The van der Waals surface area contributed by atoms with E-state index < -0.39 is 21.7 Å². The van der Waals surface area contributed by atoms with Gasteiger partial charge in [0.25, 0.3) is 0 Å². The van der Waals surface area contributed by atoms with E-state index in [1.165, 1.54) is 32.1 Å². The zero-order chi connectivity index (χ0) is 28.5. The highest BCUT2D eigenvalue weighted by Crippen LogP contribution is 2.29. The van der Waals surface area contributed by atoms with Gasteiger partial charge >= 0.3 is 6.09 Å². The number of sulfonamides is 1. The van der Waals surface area contributed by atoms with Crippen LogP contribution in [0, 0.1) is 11.3 Å². The molecule has 1 aliphatic carbocycles. The van der Waals surface area contributed by atoms with Crippen LogP contribution in [0.1, 0.15) is 58.4 Å². The average Bonchev–Trinajstić information content (AvgIpc) is 2.89. The molecule has 0 unspecified atom stereocenters. The number of nitrogens with zero attached hydrogens (tertiary/aromatic N) is 1. The van der Waals surface area contributed by atoms with Crippen LogP contribution in [0.15, 0.2) is 77.7 Å². The van der Waals surface area contributed by atoms with Crippen molar-refractivity contribution in [2.75, 3.05) is 10.6 Å². The predicted octanol–water partition coefficient (Wildman–Crippen LogP) is 6.82. The molecule has 206 valence electrons. The van der Waals surface area contributed by atoms with Gasteiger partial charge in [-0.15, -0.1) is 0 Å². The number of benzene rings is 3. The van der Waals surface area contributed by atoms with Crippen molar-refractivity contribution in [2.24, 2.45) is 0 Å². The molecule has 1 amide bonds. The first-order valence-electron chi connectivity index (χ1n) is 13.0. The highest BCUT2D eigenvalue weighted by atomic mass is 32.2. The third-order valence-corrected chi connectivity index (χ3v) is 7.85. The summed E-state index contributed by atoms with van der Waals surface area (Å²) in [7, 11) is -3.69. The molecule has 0 bridgehead atoms. The number of carbonyl (C=O) groups is 1. The highest BCUT2D eigenvalue weighted by Gasteiger charge is 2.24. The van der Waals surface area contributed by atoms with Crippen LogP contribution in [-0.2, 0) is 10.0 Å². The molecule has 1 fully saturated rings.